The maximum atomic E-state index is 5.28. The summed E-state index contributed by atoms with van der Waals surface area (Å²) in [5.41, 5.74) is 6.84. The van der Waals surface area contributed by atoms with Gasteiger partial charge < -0.3 is 9.88 Å². The lowest BCUT2D eigenvalue weighted by Crippen LogP contribution is -2.33. The highest BCUT2D eigenvalue weighted by molar-refractivity contribution is 7.27. The molecule has 1 atom stereocenters. The fraction of sp³-hybridized carbons (Fsp3) is 0.0204. The summed E-state index contributed by atoms with van der Waals surface area (Å²) in [6.45, 7) is 0. The van der Waals surface area contributed by atoms with Gasteiger partial charge in [0.25, 0.3) is 0 Å². The van der Waals surface area contributed by atoms with Crippen LogP contribution in [0.1, 0.15) is 22.9 Å². The molecular weight excluding hydrogens is 709 g/mol. The molecule has 1 aliphatic heterocycles. The second-order valence-corrected chi connectivity index (χ2v) is 16.3. The minimum Gasteiger partial charge on any atom is -0.344 e. The number of nitrogens with zero attached hydrogens (tertiary/aromatic N) is 3. The van der Waals surface area contributed by atoms with Crippen molar-refractivity contribution in [2.45, 2.75) is 6.17 Å². The number of amidine groups is 2. The van der Waals surface area contributed by atoms with Crippen molar-refractivity contribution >= 4 is 107 Å². The lowest BCUT2D eigenvalue weighted by molar-refractivity contribution is 0.674. The summed E-state index contributed by atoms with van der Waals surface area (Å²) >= 11 is 3.74. The van der Waals surface area contributed by atoms with E-state index in [0.717, 1.165) is 33.7 Å². The van der Waals surface area contributed by atoms with Crippen molar-refractivity contribution in [2.24, 2.45) is 9.98 Å². The molecule has 6 heteroatoms. The maximum Gasteiger partial charge on any atom is 0.160 e. The number of thiophene rings is 2. The minimum absolute atomic E-state index is 0.262. The average molecular weight is 739 g/mol. The van der Waals surface area contributed by atoms with Gasteiger partial charge >= 0.3 is 0 Å². The Morgan fingerprint density at radius 2 is 1.20 bits per heavy atom. The zero-order valence-electron chi connectivity index (χ0n) is 29.4. The third-order valence-corrected chi connectivity index (χ3v) is 13.3. The molecule has 0 amide bonds. The number of benzene rings is 8. The van der Waals surface area contributed by atoms with E-state index < -0.39 is 0 Å². The minimum atomic E-state index is -0.262. The van der Waals surface area contributed by atoms with Crippen LogP contribution >= 0.6 is 22.7 Å². The lowest BCUT2D eigenvalue weighted by Gasteiger charge is -2.24. The topological polar surface area (TPSA) is 41.7 Å². The first-order valence-electron chi connectivity index (χ1n) is 18.5. The number of fused-ring (bicyclic) bond motifs is 12. The van der Waals surface area contributed by atoms with Gasteiger partial charge in [-0.1, -0.05) is 140 Å². The smallest absolute Gasteiger partial charge is 0.160 e. The van der Waals surface area contributed by atoms with Crippen LogP contribution in [0.3, 0.4) is 0 Å². The molecule has 8 aromatic carbocycles. The number of aliphatic imine (C=N–C) groups is 2. The summed E-state index contributed by atoms with van der Waals surface area (Å²) in [6.07, 6.45) is -0.262. The van der Waals surface area contributed by atoms with Crippen LogP contribution in [-0.2, 0) is 0 Å². The molecular formula is C49H30N4S2. The molecule has 1 aliphatic rings. The normalized spacial score (nSPS) is 14.7. The van der Waals surface area contributed by atoms with Crippen molar-refractivity contribution in [1.82, 2.24) is 9.88 Å². The lowest BCUT2D eigenvalue weighted by atomic mass is 9.98. The Kier molecular flexibility index (Phi) is 6.70. The van der Waals surface area contributed by atoms with Crippen molar-refractivity contribution in [3.63, 3.8) is 0 Å². The van der Waals surface area contributed by atoms with Crippen LogP contribution < -0.4 is 5.32 Å². The fourth-order valence-electron chi connectivity index (χ4n) is 8.57. The van der Waals surface area contributed by atoms with Crippen molar-refractivity contribution in [2.75, 3.05) is 0 Å². The van der Waals surface area contributed by atoms with Crippen molar-refractivity contribution in [3.8, 4) is 5.69 Å². The van der Waals surface area contributed by atoms with Crippen LogP contribution in [0.25, 0.3) is 78.6 Å². The predicted molar refractivity (Wildman–Crippen MR) is 236 cm³/mol. The molecule has 1 N–H and O–H groups in total. The van der Waals surface area contributed by atoms with E-state index in [2.05, 4.69) is 168 Å². The van der Waals surface area contributed by atoms with Gasteiger partial charge in [0, 0.05) is 63.2 Å². The number of para-hydroxylation sites is 1. The summed E-state index contributed by atoms with van der Waals surface area (Å²) in [6, 6.07) is 61.1. The molecule has 0 bridgehead atoms. The molecule has 3 aromatic heterocycles. The first-order valence-corrected chi connectivity index (χ1v) is 20.2. The highest BCUT2D eigenvalue weighted by Gasteiger charge is 2.24. The molecule has 258 valence electrons. The van der Waals surface area contributed by atoms with E-state index in [9.17, 15) is 0 Å². The van der Waals surface area contributed by atoms with Crippen molar-refractivity contribution in [1.29, 1.82) is 0 Å². The van der Waals surface area contributed by atoms with E-state index in [-0.39, 0.29) is 6.17 Å². The van der Waals surface area contributed by atoms with E-state index in [1.807, 2.05) is 34.8 Å². The Morgan fingerprint density at radius 3 is 2.05 bits per heavy atom. The zero-order valence-corrected chi connectivity index (χ0v) is 31.0. The molecule has 1 unspecified atom stereocenters. The molecule has 0 radical (unpaired) electrons. The third-order valence-electron chi connectivity index (χ3n) is 11.0. The zero-order chi connectivity index (χ0) is 36.0. The van der Waals surface area contributed by atoms with E-state index in [1.165, 1.54) is 73.2 Å². The highest BCUT2D eigenvalue weighted by atomic mass is 32.1. The largest absolute Gasteiger partial charge is 0.344 e. The van der Waals surface area contributed by atoms with Crippen molar-refractivity contribution in [3.05, 3.63) is 187 Å². The van der Waals surface area contributed by atoms with Crippen LogP contribution in [0.4, 0.5) is 0 Å². The van der Waals surface area contributed by atoms with Crippen molar-refractivity contribution < 1.29 is 0 Å². The summed E-state index contributed by atoms with van der Waals surface area (Å²) in [5, 5.41) is 13.7. The van der Waals surface area contributed by atoms with Gasteiger partial charge in [0.05, 0.1) is 15.7 Å². The van der Waals surface area contributed by atoms with Crippen LogP contribution in [0.2, 0.25) is 0 Å². The summed E-state index contributed by atoms with van der Waals surface area (Å²) < 4.78 is 7.62. The first kappa shape index (κ1) is 30.8. The third kappa shape index (κ3) is 4.69. The molecule has 0 saturated carbocycles. The molecule has 4 heterocycles. The Labute approximate surface area is 324 Å². The van der Waals surface area contributed by atoms with E-state index in [1.54, 1.807) is 0 Å². The number of hydrogen-bond donors (Lipinski definition) is 1. The first-order chi connectivity index (χ1) is 27.3. The fourth-order valence-corrected chi connectivity index (χ4v) is 11.0. The van der Waals surface area contributed by atoms with Crippen LogP contribution in [0, 0.1) is 0 Å². The molecule has 0 saturated heterocycles. The molecule has 0 spiro atoms. The quantitative estimate of drug-likeness (QED) is 0.192. The molecule has 4 nitrogen and oxygen atoms in total. The number of aromatic nitrogens is 1. The maximum absolute atomic E-state index is 5.28. The highest BCUT2D eigenvalue weighted by Crippen LogP contribution is 2.45. The second kappa shape index (κ2) is 12.0. The molecule has 55 heavy (non-hydrogen) atoms. The SMILES string of the molecule is c1ccc(C2=NC(c3cc4sc5cc(-n6c7ccccc7c7ccc8c9ccccc9sc8c76)ccc5c4c4ccccc34)=NC(c3ccccc3)N2)cc1. The van der Waals surface area contributed by atoms with Gasteiger partial charge in [0.2, 0.25) is 0 Å². The van der Waals surface area contributed by atoms with Crippen LogP contribution in [0.5, 0.6) is 0 Å². The number of nitrogens with one attached hydrogen (secondary N) is 1. The van der Waals surface area contributed by atoms with Gasteiger partial charge in [-0.2, -0.15) is 0 Å². The summed E-state index contributed by atoms with van der Waals surface area (Å²) in [4.78, 5) is 10.5. The van der Waals surface area contributed by atoms with E-state index in [0.29, 0.717) is 0 Å². The van der Waals surface area contributed by atoms with Crippen LogP contribution in [0.15, 0.2) is 180 Å². The van der Waals surface area contributed by atoms with Gasteiger partial charge in [-0.15, -0.1) is 22.7 Å². The Hall–Kier alpha value is -6.60. The second-order valence-electron chi connectivity index (χ2n) is 14.2. The Bertz CT molecular complexity index is 3410. The average Bonchev–Trinajstić information content (AvgIpc) is 3.93. The summed E-state index contributed by atoms with van der Waals surface area (Å²) in [7, 11) is 0. The van der Waals surface area contributed by atoms with E-state index in [4.69, 9.17) is 9.98 Å². The predicted octanol–water partition coefficient (Wildman–Crippen LogP) is 13.2. The van der Waals surface area contributed by atoms with E-state index >= 15 is 0 Å². The van der Waals surface area contributed by atoms with Gasteiger partial charge in [0.15, 0.2) is 5.84 Å². The summed E-state index contributed by atoms with van der Waals surface area (Å²) in [5.74, 6) is 1.56. The molecule has 12 rings (SSSR count). The molecule has 0 aliphatic carbocycles. The monoisotopic (exact) mass is 738 g/mol. The van der Waals surface area contributed by atoms with Gasteiger partial charge in [-0.05, 0) is 46.7 Å². The molecule has 11 aromatic rings. The van der Waals surface area contributed by atoms with Crippen LogP contribution in [-0.4, -0.2) is 16.2 Å². The van der Waals surface area contributed by atoms with Gasteiger partial charge in [-0.3, -0.25) is 0 Å². The van der Waals surface area contributed by atoms with Gasteiger partial charge in [-0.25, -0.2) is 9.98 Å². The van der Waals surface area contributed by atoms with Gasteiger partial charge in [0.1, 0.15) is 12.0 Å². The Balaban J connectivity index is 1.09. The number of hydrogen-bond acceptors (Lipinski definition) is 5. The molecule has 0 fully saturated rings. The number of rotatable bonds is 4. The standard InChI is InChI=1S/C49H30N4S2/c1-3-13-29(14-4-1)47-50-48(30-15-5-2-6-16-30)52-49(51-47)39-28-43-44(35-20-8-7-17-32(35)39)38-24-23-31(27-42(38)54-43)53-40-21-11-9-18-33(40)36-25-26-37-34-19-10-12-22-41(34)55-46(37)45(36)53/h1-28,47H,(H,50,51,52). The Morgan fingerprint density at radius 1 is 0.509 bits per heavy atom.